The largest absolute Gasteiger partial charge is 0.481 e. The Kier molecular flexibility index (Phi) is 37.0. The maximum Gasteiger partial charge on any atom is 0.305 e. The van der Waals surface area contributed by atoms with Crippen LogP contribution in [0.1, 0.15) is 214 Å². The summed E-state index contributed by atoms with van der Waals surface area (Å²) >= 11 is 0. The Morgan fingerprint density at radius 2 is 1.00 bits per heavy atom. The molecule has 0 spiro atoms. The van der Waals surface area contributed by atoms with Crippen molar-refractivity contribution in [1.82, 2.24) is 14.7 Å². The number of carboxylic acid groups (broad SMARTS) is 1. The van der Waals surface area contributed by atoms with Gasteiger partial charge in [0.2, 0.25) is 5.91 Å². The second-order valence-corrected chi connectivity index (χ2v) is 16.6. The third kappa shape index (κ3) is 32.6. The summed E-state index contributed by atoms with van der Waals surface area (Å²) in [7, 11) is 4.25. The standard InChI is InChI=1S/C46H91N3O5/c1-7-11-15-20-30-42(29-14-10-4)41-54-46(53)35-24-19-22-32-43(31-21-18-23-34-45(51)52)48(40-28-36-47(5)6)39-27-33-44(50)49(37-25-16-12-8-2)38-26-17-13-9-3/h42-43H,7-41H2,1-6H3,(H,51,52). The molecule has 0 aliphatic rings. The fraction of sp³-hybridized carbons (Fsp3) is 0.935. The van der Waals surface area contributed by atoms with Crippen molar-refractivity contribution < 1.29 is 24.2 Å². The lowest BCUT2D eigenvalue weighted by atomic mass is 9.96. The fourth-order valence-corrected chi connectivity index (χ4v) is 7.59. The van der Waals surface area contributed by atoms with Gasteiger partial charge in [-0.1, -0.05) is 130 Å². The van der Waals surface area contributed by atoms with E-state index in [1.54, 1.807) is 0 Å². The molecule has 0 radical (unpaired) electrons. The highest BCUT2D eigenvalue weighted by molar-refractivity contribution is 5.76. The van der Waals surface area contributed by atoms with E-state index in [1.165, 1.54) is 83.5 Å². The molecule has 320 valence electrons. The van der Waals surface area contributed by atoms with Crippen molar-refractivity contribution in [1.29, 1.82) is 0 Å². The minimum atomic E-state index is -0.715. The first kappa shape index (κ1) is 52.3. The first-order valence-corrected chi connectivity index (χ1v) is 23.2. The lowest BCUT2D eigenvalue weighted by molar-refractivity contribution is -0.145. The summed E-state index contributed by atoms with van der Waals surface area (Å²) in [6, 6.07) is 0.408. The molecule has 1 N–H and O–H groups in total. The van der Waals surface area contributed by atoms with E-state index < -0.39 is 5.97 Å². The first-order chi connectivity index (χ1) is 26.2. The Morgan fingerprint density at radius 1 is 0.500 bits per heavy atom. The molecule has 0 aromatic heterocycles. The van der Waals surface area contributed by atoms with Crippen molar-refractivity contribution in [3.8, 4) is 0 Å². The zero-order chi connectivity index (χ0) is 40.1. The summed E-state index contributed by atoms with van der Waals surface area (Å²) in [4.78, 5) is 44.4. The number of carboxylic acids is 1. The highest BCUT2D eigenvalue weighted by Gasteiger charge is 2.20. The lowest BCUT2D eigenvalue weighted by Crippen LogP contribution is -2.39. The van der Waals surface area contributed by atoms with E-state index >= 15 is 0 Å². The Labute approximate surface area is 335 Å². The summed E-state index contributed by atoms with van der Waals surface area (Å²) < 4.78 is 5.80. The van der Waals surface area contributed by atoms with E-state index in [0.717, 1.165) is 116 Å². The number of amides is 1. The maximum absolute atomic E-state index is 13.5. The second kappa shape index (κ2) is 38.2. The highest BCUT2D eigenvalue weighted by atomic mass is 16.5. The Balaban J connectivity index is 5.30. The van der Waals surface area contributed by atoms with E-state index in [2.05, 4.69) is 56.5 Å². The van der Waals surface area contributed by atoms with Crippen molar-refractivity contribution in [2.24, 2.45) is 5.92 Å². The van der Waals surface area contributed by atoms with Crippen molar-refractivity contribution in [3.05, 3.63) is 0 Å². The van der Waals surface area contributed by atoms with Gasteiger partial charge in [0.25, 0.3) is 0 Å². The average molecular weight is 766 g/mol. The number of unbranched alkanes of at least 4 members (excludes halogenated alkanes) is 14. The summed E-state index contributed by atoms with van der Waals surface area (Å²) in [5.41, 5.74) is 0. The molecular weight excluding hydrogens is 675 g/mol. The predicted octanol–water partition coefficient (Wildman–Crippen LogP) is 11.7. The van der Waals surface area contributed by atoms with Gasteiger partial charge in [-0.2, -0.15) is 0 Å². The van der Waals surface area contributed by atoms with Crippen molar-refractivity contribution in [2.75, 3.05) is 53.4 Å². The average Bonchev–Trinajstić information content (AvgIpc) is 3.14. The first-order valence-electron chi connectivity index (χ1n) is 23.2. The van der Waals surface area contributed by atoms with Crippen LogP contribution in [0.5, 0.6) is 0 Å². The smallest absolute Gasteiger partial charge is 0.305 e. The normalized spacial score (nSPS) is 12.7. The Bertz CT molecular complexity index is 857. The van der Waals surface area contributed by atoms with E-state index in [4.69, 9.17) is 9.84 Å². The molecule has 0 aromatic carbocycles. The molecule has 0 saturated carbocycles. The van der Waals surface area contributed by atoms with Gasteiger partial charge in [0.1, 0.15) is 0 Å². The van der Waals surface area contributed by atoms with Crippen molar-refractivity contribution >= 4 is 17.8 Å². The van der Waals surface area contributed by atoms with Crippen LogP contribution in [-0.4, -0.2) is 97.1 Å². The van der Waals surface area contributed by atoms with Crippen molar-refractivity contribution in [3.63, 3.8) is 0 Å². The van der Waals surface area contributed by atoms with E-state index in [9.17, 15) is 14.4 Å². The van der Waals surface area contributed by atoms with Crippen LogP contribution in [0.4, 0.5) is 0 Å². The number of aliphatic carboxylic acids is 1. The highest BCUT2D eigenvalue weighted by Crippen LogP contribution is 2.21. The van der Waals surface area contributed by atoms with Gasteiger partial charge in [0.05, 0.1) is 6.61 Å². The number of rotatable bonds is 41. The van der Waals surface area contributed by atoms with Crippen molar-refractivity contribution in [2.45, 2.75) is 220 Å². The number of carbonyl (C=O) groups excluding carboxylic acids is 2. The minimum Gasteiger partial charge on any atom is -0.481 e. The maximum atomic E-state index is 13.5. The fourth-order valence-electron chi connectivity index (χ4n) is 7.59. The van der Waals surface area contributed by atoms with Gasteiger partial charge in [0, 0.05) is 38.4 Å². The molecule has 0 rings (SSSR count). The molecule has 2 atom stereocenters. The summed E-state index contributed by atoms with van der Waals surface area (Å²) in [6.07, 6.45) is 30.3. The Morgan fingerprint density at radius 3 is 1.56 bits per heavy atom. The van der Waals surface area contributed by atoms with E-state index in [0.29, 0.717) is 37.3 Å². The molecule has 0 heterocycles. The number of hydrogen-bond donors (Lipinski definition) is 1. The number of esters is 1. The molecule has 8 heteroatoms. The number of nitrogens with zero attached hydrogens (tertiary/aromatic N) is 3. The molecular formula is C46H91N3O5. The number of ether oxygens (including phenoxy) is 1. The SMILES string of the molecule is CCCCCCC(CCCC)COC(=O)CCCCCC(CCCCCC(=O)O)N(CCCC(=O)N(CCCCCC)CCCCCC)CCCN(C)C. The van der Waals surface area contributed by atoms with Crippen LogP contribution in [0.15, 0.2) is 0 Å². The lowest BCUT2D eigenvalue weighted by Gasteiger charge is -2.33. The number of carbonyl (C=O) groups is 3. The molecule has 0 saturated heterocycles. The monoisotopic (exact) mass is 766 g/mol. The van der Waals surface area contributed by atoms with Crippen LogP contribution >= 0.6 is 0 Å². The minimum absolute atomic E-state index is 0.0419. The zero-order valence-electron chi connectivity index (χ0n) is 36.8. The van der Waals surface area contributed by atoms with Crippen LogP contribution in [0.25, 0.3) is 0 Å². The molecule has 0 bridgehead atoms. The van der Waals surface area contributed by atoms with Gasteiger partial charge in [0.15, 0.2) is 0 Å². The van der Waals surface area contributed by atoms with E-state index in [-0.39, 0.29) is 12.4 Å². The van der Waals surface area contributed by atoms with Gasteiger partial charge in [-0.25, -0.2) is 0 Å². The zero-order valence-corrected chi connectivity index (χ0v) is 36.8. The van der Waals surface area contributed by atoms with Crippen LogP contribution in [0, 0.1) is 5.92 Å². The summed E-state index contributed by atoms with van der Waals surface area (Å²) in [5.74, 6) is 0.0602. The van der Waals surface area contributed by atoms with Gasteiger partial charge in [-0.05, 0) is 104 Å². The molecule has 0 aromatic rings. The topological polar surface area (TPSA) is 90.4 Å². The quantitative estimate of drug-likeness (QED) is 0.0489. The van der Waals surface area contributed by atoms with Gasteiger partial charge < -0.3 is 24.5 Å². The molecule has 2 unspecified atom stereocenters. The molecule has 8 nitrogen and oxygen atoms in total. The summed E-state index contributed by atoms with van der Waals surface area (Å²) in [5, 5.41) is 9.15. The summed E-state index contributed by atoms with van der Waals surface area (Å²) in [6.45, 7) is 14.3. The second-order valence-electron chi connectivity index (χ2n) is 16.6. The van der Waals surface area contributed by atoms with Gasteiger partial charge in [-0.3, -0.25) is 14.4 Å². The molecule has 54 heavy (non-hydrogen) atoms. The third-order valence-corrected chi connectivity index (χ3v) is 11.1. The molecule has 0 aliphatic carbocycles. The van der Waals surface area contributed by atoms with Gasteiger partial charge >= 0.3 is 11.9 Å². The van der Waals surface area contributed by atoms with Crippen LogP contribution in [0.3, 0.4) is 0 Å². The molecule has 1 amide bonds. The third-order valence-electron chi connectivity index (χ3n) is 11.1. The molecule has 0 aliphatic heterocycles. The van der Waals surface area contributed by atoms with Crippen LogP contribution in [0.2, 0.25) is 0 Å². The van der Waals surface area contributed by atoms with Gasteiger partial charge in [-0.15, -0.1) is 0 Å². The van der Waals surface area contributed by atoms with Crippen LogP contribution in [-0.2, 0) is 19.1 Å². The van der Waals surface area contributed by atoms with Crippen LogP contribution < -0.4 is 0 Å². The predicted molar refractivity (Wildman–Crippen MR) is 229 cm³/mol. The Hall–Kier alpha value is -1.67. The van der Waals surface area contributed by atoms with E-state index in [1.807, 2.05) is 0 Å². The number of hydrogen-bond acceptors (Lipinski definition) is 6. The molecule has 0 fully saturated rings.